The minimum Gasteiger partial charge on any atom is -0.222 e. The minimum absolute atomic E-state index is 0.986. The molecular weight excluding hydrogens is 206 g/mol. The van der Waals surface area contributed by atoms with Crippen LogP contribution in [0.1, 0.15) is 24.1 Å². The summed E-state index contributed by atoms with van der Waals surface area (Å²) in [5.74, 6) is 0. The summed E-state index contributed by atoms with van der Waals surface area (Å²) >= 11 is 1.75. The molecule has 0 aromatic carbocycles. The smallest absolute Gasteiger partial charge is 0.156 e. The highest BCUT2D eigenvalue weighted by Crippen LogP contribution is 2.28. The van der Waals surface area contributed by atoms with Gasteiger partial charge >= 0.3 is 0 Å². The molecular formula is C11H13N3S. The van der Waals surface area contributed by atoms with Crippen LogP contribution in [-0.4, -0.2) is 20.9 Å². The number of aryl methyl sites for hydroxylation is 1. The Kier molecular flexibility index (Phi) is 2.16. The van der Waals surface area contributed by atoms with Crippen LogP contribution in [0.2, 0.25) is 0 Å². The van der Waals surface area contributed by atoms with Crippen molar-refractivity contribution in [3.8, 4) is 0 Å². The van der Waals surface area contributed by atoms with Crippen molar-refractivity contribution < 1.29 is 0 Å². The van der Waals surface area contributed by atoms with E-state index in [1.54, 1.807) is 11.8 Å². The van der Waals surface area contributed by atoms with Gasteiger partial charge in [-0.05, 0) is 31.9 Å². The van der Waals surface area contributed by atoms with Gasteiger partial charge in [0.25, 0.3) is 0 Å². The van der Waals surface area contributed by atoms with Crippen molar-refractivity contribution in [2.24, 2.45) is 0 Å². The van der Waals surface area contributed by atoms with Crippen LogP contribution < -0.4 is 0 Å². The van der Waals surface area contributed by atoms with Crippen LogP contribution in [-0.2, 0) is 12.8 Å². The first-order valence-electron chi connectivity index (χ1n) is 5.29. The SMILES string of the molecule is CSc1nc2ccnn2c2c1CCCC2. The van der Waals surface area contributed by atoms with E-state index in [0.29, 0.717) is 0 Å². The first-order chi connectivity index (χ1) is 7.40. The van der Waals surface area contributed by atoms with E-state index in [1.807, 2.05) is 16.8 Å². The molecule has 0 unspecified atom stereocenters. The van der Waals surface area contributed by atoms with E-state index in [2.05, 4.69) is 16.3 Å². The molecule has 4 heteroatoms. The van der Waals surface area contributed by atoms with E-state index in [1.165, 1.54) is 29.1 Å². The monoisotopic (exact) mass is 219 g/mol. The maximum atomic E-state index is 4.63. The van der Waals surface area contributed by atoms with E-state index in [9.17, 15) is 0 Å². The molecule has 3 rings (SSSR count). The van der Waals surface area contributed by atoms with Gasteiger partial charge in [0.1, 0.15) is 5.03 Å². The third-order valence-corrected chi connectivity index (χ3v) is 3.71. The minimum atomic E-state index is 0.986. The Hall–Kier alpha value is -1.03. The molecule has 2 heterocycles. The average molecular weight is 219 g/mol. The predicted molar refractivity (Wildman–Crippen MR) is 61.4 cm³/mol. The van der Waals surface area contributed by atoms with Crippen LogP contribution in [0, 0.1) is 0 Å². The largest absolute Gasteiger partial charge is 0.222 e. The topological polar surface area (TPSA) is 30.2 Å². The zero-order chi connectivity index (χ0) is 10.3. The molecule has 0 saturated heterocycles. The highest BCUT2D eigenvalue weighted by molar-refractivity contribution is 7.98. The highest BCUT2D eigenvalue weighted by atomic mass is 32.2. The molecule has 1 aliphatic carbocycles. The van der Waals surface area contributed by atoms with E-state index in [0.717, 1.165) is 18.5 Å². The summed E-state index contributed by atoms with van der Waals surface area (Å²) in [6.45, 7) is 0. The number of hydrogen-bond acceptors (Lipinski definition) is 3. The molecule has 0 atom stereocenters. The summed E-state index contributed by atoms with van der Waals surface area (Å²) in [5.41, 5.74) is 3.78. The molecule has 0 amide bonds. The van der Waals surface area contributed by atoms with Gasteiger partial charge in [-0.3, -0.25) is 0 Å². The Bertz CT molecular complexity index is 504. The molecule has 0 saturated carbocycles. The zero-order valence-electron chi connectivity index (χ0n) is 8.73. The second-order valence-electron chi connectivity index (χ2n) is 3.85. The molecule has 0 bridgehead atoms. The van der Waals surface area contributed by atoms with Crippen molar-refractivity contribution in [1.82, 2.24) is 14.6 Å². The molecule has 0 N–H and O–H groups in total. The van der Waals surface area contributed by atoms with Crippen molar-refractivity contribution in [2.45, 2.75) is 30.7 Å². The lowest BCUT2D eigenvalue weighted by atomic mass is 9.97. The lowest BCUT2D eigenvalue weighted by molar-refractivity contribution is 0.625. The van der Waals surface area contributed by atoms with Crippen LogP contribution in [0.3, 0.4) is 0 Å². The summed E-state index contributed by atoms with van der Waals surface area (Å²) in [6.07, 6.45) is 8.80. The van der Waals surface area contributed by atoms with Crippen LogP contribution >= 0.6 is 11.8 Å². The van der Waals surface area contributed by atoms with E-state index < -0.39 is 0 Å². The number of nitrogens with zero attached hydrogens (tertiary/aromatic N) is 3. The molecule has 0 radical (unpaired) electrons. The fourth-order valence-electron chi connectivity index (χ4n) is 2.28. The normalized spacial score (nSPS) is 15.5. The third-order valence-electron chi connectivity index (χ3n) is 2.98. The van der Waals surface area contributed by atoms with Gasteiger partial charge in [0.05, 0.1) is 11.9 Å². The molecule has 15 heavy (non-hydrogen) atoms. The maximum absolute atomic E-state index is 4.63. The Labute approximate surface area is 92.9 Å². The summed E-state index contributed by atoms with van der Waals surface area (Å²) in [4.78, 5) is 4.63. The number of hydrogen-bond donors (Lipinski definition) is 0. The Morgan fingerprint density at radius 3 is 3.07 bits per heavy atom. The lowest BCUT2D eigenvalue weighted by Crippen LogP contribution is -2.12. The average Bonchev–Trinajstić information content (AvgIpc) is 2.76. The van der Waals surface area contributed by atoms with Gasteiger partial charge in [0, 0.05) is 11.6 Å². The van der Waals surface area contributed by atoms with Gasteiger partial charge in [0.15, 0.2) is 5.65 Å². The molecule has 0 fully saturated rings. The summed E-state index contributed by atoms with van der Waals surface area (Å²) in [6, 6.07) is 1.98. The van der Waals surface area contributed by atoms with Crippen molar-refractivity contribution in [2.75, 3.05) is 6.26 Å². The van der Waals surface area contributed by atoms with Crippen molar-refractivity contribution in [3.05, 3.63) is 23.5 Å². The fraction of sp³-hybridized carbons (Fsp3) is 0.455. The Balaban J connectivity index is 2.34. The first-order valence-corrected chi connectivity index (χ1v) is 6.52. The maximum Gasteiger partial charge on any atom is 0.156 e. The van der Waals surface area contributed by atoms with Gasteiger partial charge in [-0.1, -0.05) is 0 Å². The standard InChI is InChI=1S/C11H13N3S/c1-15-11-8-4-2-3-5-9(8)14-10(13-11)6-7-12-14/h6-7H,2-5H2,1H3. The molecule has 2 aromatic heterocycles. The first kappa shape index (κ1) is 9.21. The van der Waals surface area contributed by atoms with Crippen LogP contribution in [0.15, 0.2) is 17.3 Å². The van der Waals surface area contributed by atoms with Crippen molar-refractivity contribution in [3.63, 3.8) is 0 Å². The Morgan fingerprint density at radius 2 is 2.20 bits per heavy atom. The molecule has 3 nitrogen and oxygen atoms in total. The highest BCUT2D eigenvalue weighted by Gasteiger charge is 2.18. The van der Waals surface area contributed by atoms with Gasteiger partial charge in [-0.25, -0.2) is 9.50 Å². The molecule has 0 spiro atoms. The molecule has 0 aliphatic heterocycles. The van der Waals surface area contributed by atoms with Crippen LogP contribution in [0.5, 0.6) is 0 Å². The van der Waals surface area contributed by atoms with E-state index in [4.69, 9.17) is 0 Å². The van der Waals surface area contributed by atoms with E-state index >= 15 is 0 Å². The van der Waals surface area contributed by atoms with Gasteiger partial charge in [0.2, 0.25) is 0 Å². The van der Waals surface area contributed by atoms with Gasteiger partial charge in [-0.15, -0.1) is 11.8 Å². The van der Waals surface area contributed by atoms with Gasteiger partial charge < -0.3 is 0 Å². The predicted octanol–water partition coefficient (Wildman–Crippen LogP) is 2.33. The lowest BCUT2D eigenvalue weighted by Gasteiger charge is -2.18. The second-order valence-corrected chi connectivity index (χ2v) is 4.65. The quantitative estimate of drug-likeness (QED) is 0.544. The molecule has 2 aromatic rings. The van der Waals surface area contributed by atoms with Crippen molar-refractivity contribution in [1.29, 1.82) is 0 Å². The summed E-state index contributed by atoms with van der Waals surface area (Å²) in [5, 5.41) is 5.54. The Morgan fingerprint density at radius 1 is 1.33 bits per heavy atom. The number of aromatic nitrogens is 3. The number of thioether (sulfide) groups is 1. The summed E-state index contributed by atoms with van der Waals surface area (Å²) < 4.78 is 2.01. The second kappa shape index (κ2) is 3.52. The number of fused-ring (bicyclic) bond motifs is 3. The van der Waals surface area contributed by atoms with E-state index in [-0.39, 0.29) is 0 Å². The van der Waals surface area contributed by atoms with Crippen LogP contribution in [0.25, 0.3) is 5.65 Å². The number of rotatable bonds is 1. The third kappa shape index (κ3) is 1.35. The van der Waals surface area contributed by atoms with Crippen LogP contribution in [0.4, 0.5) is 0 Å². The molecule has 78 valence electrons. The summed E-state index contributed by atoms with van der Waals surface area (Å²) in [7, 11) is 0. The fourth-order valence-corrected chi connectivity index (χ4v) is 2.93. The molecule has 1 aliphatic rings. The zero-order valence-corrected chi connectivity index (χ0v) is 9.55. The van der Waals surface area contributed by atoms with Gasteiger partial charge in [-0.2, -0.15) is 5.10 Å². The van der Waals surface area contributed by atoms with Crippen molar-refractivity contribution >= 4 is 17.4 Å².